The van der Waals surface area contributed by atoms with Crippen LogP contribution in [0.3, 0.4) is 0 Å². The van der Waals surface area contributed by atoms with Crippen LogP contribution < -0.4 is 5.73 Å². The summed E-state index contributed by atoms with van der Waals surface area (Å²) < 4.78 is 17.2. The summed E-state index contributed by atoms with van der Waals surface area (Å²) in [7, 11) is 1.87. The SMILES string of the molecule is CCc1nn(C)cc1Cn1c(N)nc2cc(Cl)c(F)cc21. The highest BCUT2D eigenvalue weighted by Crippen LogP contribution is 2.25. The molecule has 0 bridgehead atoms. The second-order valence-electron chi connectivity index (χ2n) is 4.94. The maximum Gasteiger partial charge on any atom is 0.201 e. The number of nitrogen functional groups attached to an aromatic ring is 1. The predicted molar refractivity (Wildman–Crippen MR) is 80.8 cm³/mol. The van der Waals surface area contributed by atoms with E-state index < -0.39 is 5.82 Å². The summed E-state index contributed by atoms with van der Waals surface area (Å²) in [5, 5.41) is 4.44. The Kier molecular flexibility index (Phi) is 3.33. The molecular formula is C14H15ClFN5. The van der Waals surface area contributed by atoms with Gasteiger partial charge in [0.2, 0.25) is 5.95 Å². The average molecular weight is 308 g/mol. The van der Waals surface area contributed by atoms with Gasteiger partial charge in [-0.25, -0.2) is 9.37 Å². The second kappa shape index (κ2) is 5.04. The van der Waals surface area contributed by atoms with Crippen molar-refractivity contribution in [2.75, 3.05) is 5.73 Å². The zero-order valence-electron chi connectivity index (χ0n) is 11.8. The number of imidazole rings is 1. The minimum atomic E-state index is -0.479. The number of rotatable bonds is 3. The minimum absolute atomic E-state index is 0.0442. The van der Waals surface area contributed by atoms with E-state index >= 15 is 0 Å². The van der Waals surface area contributed by atoms with E-state index in [1.54, 1.807) is 9.25 Å². The lowest BCUT2D eigenvalue weighted by Gasteiger charge is -2.06. The maximum absolute atomic E-state index is 13.7. The van der Waals surface area contributed by atoms with Gasteiger partial charge in [-0.05, 0) is 12.5 Å². The summed E-state index contributed by atoms with van der Waals surface area (Å²) in [6, 6.07) is 2.85. The molecule has 0 aliphatic heterocycles. The first-order valence-corrected chi connectivity index (χ1v) is 6.99. The third kappa shape index (κ3) is 2.35. The molecule has 0 atom stereocenters. The van der Waals surface area contributed by atoms with Crippen LogP contribution in [0.1, 0.15) is 18.2 Å². The van der Waals surface area contributed by atoms with Crippen LogP contribution >= 0.6 is 11.6 Å². The molecular weight excluding hydrogens is 293 g/mol. The summed E-state index contributed by atoms with van der Waals surface area (Å²) in [5.41, 5.74) is 9.20. The quantitative estimate of drug-likeness (QED) is 0.809. The topological polar surface area (TPSA) is 61.7 Å². The first kappa shape index (κ1) is 13.9. The molecule has 2 heterocycles. The van der Waals surface area contributed by atoms with E-state index in [2.05, 4.69) is 10.1 Å². The molecule has 2 N–H and O–H groups in total. The lowest BCUT2D eigenvalue weighted by molar-refractivity contribution is 0.629. The molecule has 3 rings (SSSR count). The van der Waals surface area contributed by atoms with Gasteiger partial charge in [0.25, 0.3) is 0 Å². The first-order valence-electron chi connectivity index (χ1n) is 6.61. The van der Waals surface area contributed by atoms with E-state index in [-0.39, 0.29) is 5.02 Å². The zero-order valence-corrected chi connectivity index (χ0v) is 12.5. The molecule has 0 spiro atoms. The Morgan fingerprint density at radius 2 is 2.14 bits per heavy atom. The van der Waals surface area contributed by atoms with Crippen LogP contribution in [-0.2, 0) is 20.0 Å². The average Bonchev–Trinajstić information content (AvgIpc) is 2.93. The number of nitrogens with zero attached hydrogens (tertiary/aromatic N) is 4. The van der Waals surface area contributed by atoms with Gasteiger partial charge in [0.1, 0.15) is 5.82 Å². The molecule has 0 amide bonds. The summed E-state index contributed by atoms with van der Waals surface area (Å²) in [6.07, 6.45) is 2.76. The van der Waals surface area contributed by atoms with Gasteiger partial charge in [-0.1, -0.05) is 18.5 Å². The molecule has 0 fully saturated rings. The lowest BCUT2D eigenvalue weighted by atomic mass is 10.2. The van der Waals surface area contributed by atoms with Crippen molar-refractivity contribution < 1.29 is 4.39 Å². The number of aryl methyl sites for hydroxylation is 2. The van der Waals surface area contributed by atoms with Gasteiger partial charge in [-0.15, -0.1) is 0 Å². The summed E-state index contributed by atoms with van der Waals surface area (Å²) in [5.74, 6) is -0.148. The van der Waals surface area contributed by atoms with Crippen molar-refractivity contribution in [2.24, 2.45) is 7.05 Å². The van der Waals surface area contributed by atoms with Crippen LogP contribution in [0.5, 0.6) is 0 Å². The van der Waals surface area contributed by atoms with Crippen molar-refractivity contribution in [1.29, 1.82) is 0 Å². The van der Waals surface area contributed by atoms with E-state index in [1.807, 2.05) is 20.2 Å². The molecule has 1 aromatic carbocycles. The van der Waals surface area contributed by atoms with E-state index in [9.17, 15) is 4.39 Å². The molecule has 0 aliphatic rings. The van der Waals surface area contributed by atoms with Crippen molar-refractivity contribution in [3.63, 3.8) is 0 Å². The van der Waals surface area contributed by atoms with Crippen molar-refractivity contribution in [3.05, 3.63) is 40.4 Å². The van der Waals surface area contributed by atoms with Crippen molar-refractivity contribution in [3.8, 4) is 0 Å². The molecule has 110 valence electrons. The zero-order chi connectivity index (χ0) is 15.1. The Balaban J connectivity index is 2.11. The van der Waals surface area contributed by atoms with Gasteiger partial charge < -0.3 is 10.3 Å². The fourth-order valence-corrected chi connectivity index (χ4v) is 2.65. The number of anilines is 1. The lowest BCUT2D eigenvalue weighted by Crippen LogP contribution is -2.05. The number of hydrogen-bond acceptors (Lipinski definition) is 3. The highest BCUT2D eigenvalue weighted by Gasteiger charge is 2.14. The largest absolute Gasteiger partial charge is 0.369 e. The van der Waals surface area contributed by atoms with Gasteiger partial charge in [-0.3, -0.25) is 4.68 Å². The molecule has 0 radical (unpaired) electrons. The molecule has 7 heteroatoms. The highest BCUT2D eigenvalue weighted by molar-refractivity contribution is 6.31. The Morgan fingerprint density at radius 3 is 2.86 bits per heavy atom. The van der Waals surface area contributed by atoms with Gasteiger partial charge in [-0.2, -0.15) is 5.10 Å². The Labute approximate surface area is 126 Å². The predicted octanol–water partition coefficient (Wildman–Crippen LogP) is 2.76. The van der Waals surface area contributed by atoms with Crippen LogP contribution in [0.4, 0.5) is 10.3 Å². The molecule has 5 nitrogen and oxygen atoms in total. The van der Waals surface area contributed by atoms with E-state index in [1.165, 1.54) is 12.1 Å². The Hall–Kier alpha value is -2.08. The van der Waals surface area contributed by atoms with Crippen LogP contribution in [0.15, 0.2) is 18.3 Å². The Morgan fingerprint density at radius 1 is 1.38 bits per heavy atom. The Bertz CT molecular complexity index is 820. The molecule has 0 aliphatic carbocycles. The summed E-state index contributed by atoms with van der Waals surface area (Å²) in [6.45, 7) is 2.54. The van der Waals surface area contributed by atoms with Gasteiger partial charge >= 0.3 is 0 Å². The third-order valence-corrected chi connectivity index (χ3v) is 3.76. The first-order chi connectivity index (χ1) is 9.99. The van der Waals surface area contributed by atoms with Gasteiger partial charge in [0.05, 0.1) is 28.3 Å². The van der Waals surface area contributed by atoms with Gasteiger partial charge in [0.15, 0.2) is 0 Å². The van der Waals surface area contributed by atoms with Crippen LogP contribution in [0, 0.1) is 5.82 Å². The third-order valence-electron chi connectivity index (χ3n) is 3.47. The maximum atomic E-state index is 13.7. The second-order valence-corrected chi connectivity index (χ2v) is 5.35. The van der Waals surface area contributed by atoms with Crippen LogP contribution in [0.2, 0.25) is 5.02 Å². The van der Waals surface area contributed by atoms with Gasteiger partial charge in [0, 0.05) is 24.9 Å². The normalized spacial score (nSPS) is 11.4. The van der Waals surface area contributed by atoms with E-state index in [0.717, 1.165) is 17.7 Å². The number of hydrogen-bond donors (Lipinski definition) is 1. The molecule has 2 aromatic heterocycles. The number of aromatic nitrogens is 4. The minimum Gasteiger partial charge on any atom is -0.369 e. The smallest absolute Gasteiger partial charge is 0.201 e. The fraction of sp³-hybridized carbons (Fsp3) is 0.286. The molecule has 0 unspecified atom stereocenters. The summed E-state index contributed by atoms with van der Waals surface area (Å²) in [4.78, 5) is 4.24. The molecule has 21 heavy (non-hydrogen) atoms. The fourth-order valence-electron chi connectivity index (χ4n) is 2.49. The number of halogens is 2. The highest BCUT2D eigenvalue weighted by atomic mass is 35.5. The molecule has 3 aromatic rings. The number of nitrogens with two attached hydrogens (primary N) is 1. The van der Waals surface area contributed by atoms with Crippen molar-refractivity contribution >= 4 is 28.6 Å². The monoisotopic (exact) mass is 307 g/mol. The number of benzene rings is 1. The van der Waals surface area contributed by atoms with E-state index in [0.29, 0.717) is 23.5 Å². The van der Waals surface area contributed by atoms with Crippen LogP contribution in [0.25, 0.3) is 11.0 Å². The van der Waals surface area contributed by atoms with Crippen LogP contribution in [-0.4, -0.2) is 19.3 Å². The molecule has 0 saturated carbocycles. The van der Waals surface area contributed by atoms with Crippen molar-refractivity contribution in [2.45, 2.75) is 19.9 Å². The molecule has 0 saturated heterocycles. The van der Waals surface area contributed by atoms with E-state index in [4.69, 9.17) is 17.3 Å². The standard InChI is InChI=1S/C14H15ClFN5/c1-3-11-8(6-20(2)19-11)7-21-13-5-10(16)9(15)4-12(13)18-14(21)17/h4-6H,3,7H2,1-2H3,(H2,17,18). The number of fused-ring (bicyclic) bond motifs is 1. The van der Waals surface area contributed by atoms with Crippen molar-refractivity contribution in [1.82, 2.24) is 19.3 Å². The summed E-state index contributed by atoms with van der Waals surface area (Å²) >= 11 is 5.78.